The lowest BCUT2D eigenvalue weighted by atomic mass is 10.0. The summed E-state index contributed by atoms with van der Waals surface area (Å²) < 4.78 is 1.79. The van der Waals surface area contributed by atoms with Crippen LogP contribution in [0.5, 0.6) is 0 Å². The van der Waals surface area contributed by atoms with Gasteiger partial charge in [-0.25, -0.2) is 9.51 Å². The smallest absolute Gasteiger partial charge is 0.183 e. The minimum Gasteiger partial charge on any atom is -0.397 e. The monoisotopic (exact) mass is 339 g/mol. The summed E-state index contributed by atoms with van der Waals surface area (Å²) in [7, 11) is 4.20. The number of aromatic nitrogens is 2. The Labute approximate surface area is 146 Å². The quantitative estimate of drug-likeness (QED) is 0.685. The van der Waals surface area contributed by atoms with Gasteiger partial charge in [-0.15, -0.1) is 5.10 Å². The van der Waals surface area contributed by atoms with Crippen LogP contribution in [0.3, 0.4) is 0 Å². The van der Waals surface area contributed by atoms with Crippen LogP contribution in [0.15, 0.2) is 52.8 Å². The number of quaternary nitrogens is 1. The number of hydrogen-bond donors (Lipinski definition) is 3. The number of aliphatic imine (C=N–C) groups is 1. The molecule has 7 heteroatoms. The molecule has 7 nitrogen and oxygen atoms in total. The fourth-order valence-electron chi connectivity index (χ4n) is 2.55. The zero-order valence-electron chi connectivity index (χ0n) is 14.7. The molecule has 0 saturated heterocycles. The highest BCUT2D eigenvalue weighted by Gasteiger charge is 2.17. The summed E-state index contributed by atoms with van der Waals surface area (Å²) in [5.41, 5.74) is 9.17. The van der Waals surface area contributed by atoms with Crippen LogP contribution in [0.25, 0.3) is 5.52 Å². The van der Waals surface area contributed by atoms with Crippen molar-refractivity contribution in [3.8, 4) is 0 Å². The molecule has 0 radical (unpaired) electrons. The molecule has 0 bridgehead atoms. The summed E-state index contributed by atoms with van der Waals surface area (Å²) in [5.74, 6) is 0.624. The van der Waals surface area contributed by atoms with Crippen molar-refractivity contribution in [2.24, 2.45) is 10.7 Å². The maximum atomic E-state index is 11.7. The highest BCUT2D eigenvalue weighted by molar-refractivity contribution is 6.22. The van der Waals surface area contributed by atoms with Crippen LogP contribution < -0.4 is 16.0 Å². The maximum Gasteiger partial charge on any atom is 0.183 e. The Morgan fingerprint density at radius 2 is 2.12 bits per heavy atom. The molecule has 1 aliphatic rings. The second-order valence-electron chi connectivity index (χ2n) is 6.40. The van der Waals surface area contributed by atoms with Gasteiger partial charge in [-0.3, -0.25) is 4.79 Å². The number of nitrogens with two attached hydrogens (primary N) is 1. The van der Waals surface area contributed by atoms with E-state index >= 15 is 0 Å². The molecule has 2 aromatic rings. The lowest BCUT2D eigenvalue weighted by Crippen LogP contribution is -3.06. The van der Waals surface area contributed by atoms with Crippen LogP contribution in [0.4, 0.5) is 11.5 Å². The maximum absolute atomic E-state index is 11.7. The summed E-state index contributed by atoms with van der Waals surface area (Å²) in [6, 6.07) is 5.82. The van der Waals surface area contributed by atoms with Gasteiger partial charge in [0, 0.05) is 12.3 Å². The zero-order chi connectivity index (χ0) is 18.0. The lowest BCUT2D eigenvalue weighted by Gasteiger charge is -2.10. The Balaban J connectivity index is 2.03. The predicted octanol–water partition coefficient (Wildman–Crippen LogP) is 0.335. The number of fused-ring (bicyclic) bond motifs is 1. The molecular formula is C18H23N6O+. The molecule has 0 unspecified atom stereocenters. The number of carbonyl (C=O) groups excluding carboxylic acids is 1. The van der Waals surface area contributed by atoms with E-state index in [1.54, 1.807) is 17.5 Å². The van der Waals surface area contributed by atoms with Gasteiger partial charge in [0.1, 0.15) is 5.69 Å². The molecule has 25 heavy (non-hydrogen) atoms. The first-order chi connectivity index (χ1) is 12.0. The number of allylic oxidation sites excluding steroid dienone is 3. The van der Waals surface area contributed by atoms with Gasteiger partial charge in [-0.2, -0.15) is 0 Å². The molecule has 2 heterocycles. The first kappa shape index (κ1) is 16.9. The Morgan fingerprint density at radius 1 is 1.32 bits per heavy atom. The van der Waals surface area contributed by atoms with Crippen molar-refractivity contribution in [1.29, 1.82) is 0 Å². The summed E-state index contributed by atoms with van der Waals surface area (Å²) in [4.78, 5) is 17.8. The average Bonchev–Trinajstić information content (AvgIpc) is 2.90. The van der Waals surface area contributed by atoms with E-state index in [1.165, 1.54) is 11.0 Å². The highest BCUT2D eigenvalue weighted by Crippen LogP contribution is 2.30. The molecule has 0 aliphatic heterocycles. The molecular weight excluding hydrogens is 316 g/mol. The topological polar surface area (TPSA) is 89.2 Å². The Morgan fingerprint density at radius 3 is 2.88 bits per heavy atom. The number of nitrogens with one attached hydrogen (secondary N) is 2. The summed E-state index contributed by atoms with van der Waals surface area (Å²) in [6.07, 6.45) is 5.02. The molecule has 0 aromatic carbocycles. The van der Waals surface area contributed by atoms with Crippen molar-refractivity contribution in [2.45, 2.75) is 6.92 Å². The molecule has 130 valence electrons. The van der Waals surface area contributed by atoms with E-state index in [1.807, 2.05) is 24.4 Å². The molecule has 0 fully saturated rings. The van der Waals surface area contributed by atoms with E-state index < -0.39 is 0 Å². The molecule has 4 N–H and O–H groups in total. The largest absolute Gasteiger partial charge is 0.397 e. The standard InChI is InChI=1S/C18H22N6O/c1-12-10-14(13(19)11-16(12)25)21-17-15-6-4-5-8-24(15)22-18(17)20-7-9-23(2)3/h4-6,8,10-11H,7,9,19H2,1-3H3,(H,20,22)/p+1. The van der Waals surface area contributed by atoms with Crippen LogP contribution in [-0.4, -0.2) is 48.3 Å². The number of hydrogen-bond acceptors (Lipinski definition) is 5. The van der Waals surface area contributed by atoms with Crippen molar-refractivity contribution in [3.05, 3.63) is 47.8 Å². The Kier molecular flexibility index (Phi) is 4.67. The van der Waals surface area contributed by atoms with Gasteiger partial charge >= 0.3 is 0 Å². The normalized spacial score (nSPS) is 16.5. The zero-order valence-corrected chi connectivity index (χ0v) is 14.7. The number of likely N-dealkylation sites (N-methyl/N-ethyl adjacent to an activating group) is 1. The molecule has 1 aliphatic carbocycles. The summed E-state index contributed by atoms with van der Waals surface area (Å²) in [6.45, 7) is 3.50. The third-order valence-electron chi connectivity index (χ3n) is 3.99. The van der Waals surface area contributed by atoms with Crippen LogP contribution in [0.2, 0.25) is 0 Å². The van der Waals surface area contributed by atoms with Crippen LogP contribution in [-0.2, 0) is 4.79 Å². The van der Waals surface area contributed by atoms with Crippen molar-refractivity contribution in [3.63, 3.8) is 0 Å². The predicted molar refractivity (Wildman–Crippen MR) is 99.5 cm³/mol. The molecule has 0 spiro atoms. The Hall–Kier alpha value is -2.93. The van der Waals surface area contributed by atoms with Gasteiger partial charge in [-0.05, 0) is 30.7 Å². The summed E-state index contributed by atoms with van der Waals surface area (Å²) in [5, 5.41) is 7.93. The van der Waals surface area contributed by atoms with Gasteiger partial charge in [0.25, 0.3) is 0 Å². The average molecular weight is 339 g/mol. The first-order valence-corrected chi connectivity index (χ1v) is 8.25. The third-order valence-corrected chi connectivity index (χ3v) is 3.99. The number of nitrogens with zero attached hydrogens (tertiary/aromatic N) is 3. The van der Waals surface area contributed by atoms with Crippen LogP contribution >= 0.6 is 0 Å². The van der Waals surface area contributed by atoms with E-state index in [4.69, 9.17) is 10.7 Å². The van der Waals surface area contributed by atoms with Crippen LogP contribution in [0, 0.1) is 0 Å². The summed E-state index contributed by atoms with van der Waals surface area (Å²) >= 11 is 0. The van der Waals surface area contributed by atoms with Gasteiger partial charge in [0.2, 0.25) is 0 Å². The van der Waals surface area contributed by atoms with E-state index in [0.717, 1.165) is 24.3 Å². The van der Waals surface area contributed by atoms with Crippen molar-refractivity contribution in [1.82, 2.24) is 9.61 Å². The fraction of sp³-hybridized carbons (Fsp3) is 0.278. The van der Waals surface area contributed by atoms with E-state index in [0.29, 0.717) is 22.8 Å². The molecule has 0 atom stereocenters. The molecule has 2 aromatic heterocycles. The number of pyridine rings is 1. The van der Waals surface area contributed by atoms with Gasteiger partial charge in [-0.1, -0.05) is 6.07 Å². The van der Waals surface area contributed by atoms with E-state index in [2.05, 4.69) is 24.5 Å². The number of anilines is 1. The Bertz CT molecular complexity index is 903. The molecule has 0 amide bonds. The van der Waals surface area contributed by atoms with Crippen molar-refractivity contribution >= 4 is 28.5 Å². The highest BCUT2D eigenvalue weighted by atomic mass is 16.1. The fourth-order valence-corrected chi connectivity index (χ4v) is 2.55. The number of ketones is 1. The second-order valence-corrected chi connectivity index (χ2v) is 6.40. The minimum atomic E-state index is -0.0800. The van der Waals surface area contributed by atoms with E-state index in [-0.39, 0.29) is 5.78 Å². The first-order valence-electron chi connectivity index (χ1n) is 8.25. The van der Waals surface area contributed by atoms with Crippen LogP contribution in [0.1, 0.15) is 6.92 Å². The number of rotatable bonds is 5. The van der Waals surface area contributed by atoms with Gasteiger partial charge in [0.15, 0.2) is 11.6 Å². The van der Waals surface area contributed by atoms with Gasteiger partial charge in [0.05, 0.1) is 44.1 Å². The van der Waals surface area contributed by atoms with Gasteiger partial charge < -0.3 is 16.0 Å². The lowest BCUT2D eigenvalue weighted by molar-refractivity contribution is -0.856. The molecule has 3 rings (SSSR count). The third kappa shape index (κ3) is 3.61. The molecule has 0 saturated carbocycles. The second kappa shape index (κ2) is 6.90. The van der Waals surface area contributed by atoms with Crippen molar-refractivity contribution in [2.75, 3.05) is 32.5 Å². The minimum absolute atomic E-state index is 0.0800. The number of carbonyl (C=O) groups is 1. The van der Waals surface area contributed by atoms with Crippen molar-refractivity contribution < 1.29 is 9.69 Å². The van der Waals surface area contributed by atoms with E-state index in [9.17, 15) is 4.79 Å². The SMILES string of the molecule is CC1=CC(=Nc2c(NCC[NH+](C)C)nn3ccccc23)C(N)=CC1=O.